The first kappa shape index (κ1) is 47.1. The van der Waals surface area contributed by atoms with E-state index in [0.717, 1.165) is 95.7 Å². The summed E-state index contributed by atoms with van der Waals surface area (Å²) in [6.45, 7) is 0. The van der Waals surface area contributed by atoms with Crippen molar-refractivity contribution in [3.05, 3.63) is 354 Å². The van der Waals surface area contributed by atoms with Gasteiger partial charge in [0.25, 0.3) is 0 Å². The molecule has 0 unspecified atom stereocenters. The van der Waals surface area contributed by atoms with Gasteiger partial charge in [0.05, 0.1) is 16.5 Å². The van der Waals surface area contributed by atoms with Crippen LogP contribution in [0.1, 0.15) is 44.5 Å². The summed E-state index contributed by atoms with van der Waals surface area (Å²) in [4.78, 5) is 2.42. The SMILES string of the molecule is c1ccc(-c2ccc(-c3ccccc3N(c3ccc(-c4ccc5c(c4)C4(c6ccccc6Oc6ccccc64)c4ccccc4-5)cc3)c3ccc(-c4ccc5c(c4)C4(c6ccccc6Oc6ccccc64)c4ccccc4-5)cc3)cc2)cc1. The maximum Gasteiger partial charge on any atom is 0.132 e. The molecule has 0 amide bonds. The zero-order chi connectivity index (χ0) is 54.6. The maximum absolute atomic E-state index is 6.67. The van der Waals surface area contributed by atoms with Crippen LogP contribution in [-0.4, -0.2) is 0 Å². The van der Waals surface area contributed by atoms with Gasteiger partial charge >= 0.3 is 0 Å². The van der Waals surface area contributed by atoms with Crippen LogP contribution in [0, 0.1) is 0 Å². The van der Waals surface area contributed by atoms with Crippen LogP contribution in [0.2, 0.25) is 0 Å². The number of hydrogen-bond acceptors (Lipinski definition) is 3. The third kappa shape index (κ3) is 6.92. The van der Waals surface area contributed by atoms with Crippen molar-refractivity contribution >= 4 is 17.1 Å². The Bertz CT molecular complexity index is 4400. The Kier molecular flexibility index (Phi) is 10.4. The molecular formula is C80H51NO2. The van der Waals surface area contributed by atoms with Crippen LogP contribution in [0.25, 0.3) is 66.8 Å². The molecule has 0 bridgehead atoms. The molecule has 3 heteroatoms. The molecule has 2 aliphatic heterocycles. The van der Waals surface area contributed by atoms with E-state index >= 15 is 0 Å². The van der Waals surface area contributed by atoms with Gasteiger partial charge < -0.3 is 14.4 Å². The van der Waals surface area contributed by atoms with Crippen molar-refractivity contribution in [2.45, 2.75) is 10.8 Å². The number of benzene rings is 13. The monoisotopic (exact) mass is 1060 g/mol. The molecule has 0 saturated carbocycles. The summed E-state index contributed by atoms with van der Waals surface area (Å²) < 4.78 is 13.3. The molecule has 0 radical (unpaired) electrons. The second-order valence-electron chi connectivity index (χ2n) is 22.2. The van der Waals surface area contributed by atoms with Crippen molar-refractivity contribution in [1.29, 1.82) is 0 Å². The van der Waals surface area contributed by atoms with Gasteiger partial charge in [-0.1, -0.05) is 243 Å². The van der Waals surface area contributed by atoms with Crippen molar-refractivity contribution in [3.8, 4) is 89.8 Å². The highest BCUT2D eigenvalue weighted by molar-refractivity contribution is 5.94. The largest absolute Gasteiger partial charge is 0.457 e. The van der Waals surface area contributed by atoms with Gasteiger partial charge in [-0.2, -0.15) is 0 Å². The minimum Gasteiger partial charge on any atom is -0.457 e. The number of hydrogen-bond donors (Lipinski definition) is 0. The van der Waals surface area contributed by atoms with Crippen LogP contribution in [0.15, 0.2) is 309 Å². The van der Waals surface area contributed by atoms with Crippen LogP contribution in [-0.2, 0) is 10.8 Å². The summed E-state index contributed by atoms with van der Waals surface area (Å²) in [7, 11) is 0. The fourth-order valence-electron chi connectivity index (χ4n) is 14.5. The zero-order valence-electron chi connectivity index (χ0n) is 45.2. The van der Waals surface area contributed by atoms with E-state index in [1.165, 1.54) is 55.6 Å². The number of anilines is 3. The van der Waals surface area contributed by atoms with Gasteiger partial charge in [0, 0.05) is 39.2 Å². The van der Waals surface area contributed by atoms with E-state index in [0.29, 0.717) is 0 Å². The molecule has 0 saturated heterocycles. The minimum atomic E-state index is -0.548. The molecule has 0 fully saturated rings. The summed E-state index contributed by atoms with van der Waals surface area (Å²) in [6.07, 6.45) is 0. The first-order valence-corrected chi connectivity index (χ1v) is 28.6. The average molecular weight is 1060 g/mol. The van der Waals surface area contributed by atoms with Crippen LogP contribution < -0.4 is 14.4 Å². The van der Waals surface area contributed by atoms with Gasteiger partial charge in [0.15, 0.2) is 0 Å². The molecular weight excluding hydrogens is 1010 g/mol. The average Bonchev–Trinajstić information content (AvgIpc) is 1.65. The molecule has 3 nitrogen and oxygen atoms in total. The predicted octanol–water partition coefficient (Wildman–Crippen LogP) is 20.8. The molecule has 13 aromatic rings. The van der Waals surface area contributed by atoms with E-state index in [1.54, 1.807) is 0 Å². The van der Waals surface area contributed by atoms with E-state index < -0.39 is 10.8 Å². The number of para-hydroxylation sites is 5. The molecule has 17 rings (SSSR count). The molecule has 0 aromatic heterocycles. The second kappa shape index (κ2) is 18.4. The summed E-state index contributed by atoms with van der Waals surface area (Å²) in [6, 6.07) is 113. The molecule has 4 aliphatic rings. The summed E-state index contributed by atoms with van der Waals surface area (Å²) in [5.74, 6) is 3.57. The third-order valence-corrected chi connectivity index (χ3v) is 18.1. The Morgan fingerprint density at radius 2 is 0.506 bits per heavy atom. The van der Waals surface area contributed by atoms with E-state index in [2.05, 4.69) is 314 Å². The highest BCUT2D eigenvalue weighted by atomic mass is 16.5. The molecule has 13 aromatic carbocycles. The molecule has 388 valence electrons. The number of rotatable bonds is 7. The second-order valence-corrected chi connectivity index (χ2v) is 22.2. The predicted molar refractivity (Wildman–Crippen MR) is 338 cm³/mol. The van der Waals surface area contributed by atoms with E-state index in [9.17, 15) is 0 Å². The lowest BCUT2D eigenvalue weighted by molar-refractivity contribution is 0.436. The first-order valence-electron chi connectivity index (χ1n) is 28.6. The molecule has 2 heterocycles. The fourth-order valence-corrected chi connectivity index (χ4v) is 14.5. The molecule has 2 aliphatic carbocycles. The first-order chi connectivity index (χ1) is 41.1. The van der Waals surface area contributed by atoms with Crippen LogP contribution >= 0.6 is 0 Å². The molecule has 0 N–H and O–H groups in total. The van der Waals surface area contributed by atoms with Crippen LogP contribution in [0.3, 0.4) is 0 Å². The van der Waals surface area contributed by atoms with Gasteiger partial charge in [-0.25, -0.2) is 0 Å². The molecule has 83 heavy (non-hydrogen) atoms. The maximum atomic E-state index is 6.67. The molecule has 0 atom stereocenters. The zero-order valence-corrected chi connectivity index (χ0v) is 45.2. The van der Waals surface area contributed by atoms with E-state index in [1.807, 2.05) is 0 Å². The Hall–Kier alpha value is -10.7. The van der Waals surface area contributed by atoms with Gasteiger partial charge in [-0.05, 0) is 150 Å². The van der Waals surface area contributed by atoms with Gasteiger partial charge in [0.1, 0.15) is 23.0 Å². The summed E-state index contributed by atoms with van der Waals surface area (Å²) >= 11 is 0. The highest BCUT2D eigenvalue weighted by Crippen LogP contribution is 2.64. The lowest BCUT2D eigenvalue weighted by atomic mass is 9.66. The molecule has 2 spiro atoms. The summed E-state index contributed by atoms with van der Waals surface area (Å²) in [5, 5.41) is 0. The third-order valence-electron chi connectivity index (χ3n) is 18.1. The van der Waals surface area contributed by atoms with Gasteiger partial charge in [0.2, 0.25) is 0 Å². The Morgan fingerprint density at radius 1 is 0.205 bits per heavy atom. The highest BCUT2D eigenvalue weighted by Gasteiger charge is 2.52. The standard InChI is InChI=1S/C80H51NO2/c1-2-18-52(19-3-1)53-34-36-56(37-35-53)61-20-6-13-29-74(61)81(59-44-38-54(39-45-59)57-42-48-64-62-21-4-7-23-66(62)79(72(64)50-57)68-25-9-14-30-75(68)82-76-31-15-10-26-69(76)79)60-46-40-55(41-47-60)58-43-49-65-63-22-5-8-24-67(63)80(73(65)51-58)70-27-11-16-32-77(70)83-78-33-17-12-28-71(78)80/h1-51H. The van der Waals surface area contributed by atoms with Gasteiger partial charge in [-0.15, -0.1) is 0 Å². The quantitative estimate of drug-likeness (QED) is 0.159. The van der Waals surface area contributed by atoms with Crippen LogP contribution in [0.5, 0.6) is 23.0 Å². The number of ether oxygens (including phenoxy) is 2. The lowest BCUT2D eigenvalue weighted by Gasteiger charge is -2.39. The topological polar surface area (TPSA) is 21.7 Å². The minimum absolute atomic E-state index is 0.548. The van der Waals surface area contributed by atoms with Crippen molar-refractivity contribution in [2.75, 3.05) is 4.90 Å². The number of fused-ring (bicyclic) bond motifs is 18. The van der Waals surface area contributed by atoms with E-state index in [4.69, 9.17) is 9.47 Å². The van der Waals surface area contributed by atoms with Crippen molar-refractivity contribution in [3.63, 3.8) is 0 Å². The van der Waals surface area contributed by atoms with Crippen molar-refractivity contribution < 1.29 is 9.47 Å². The van der Waals surface area contributed by atoms with E-state index in [-0.39, 0.29) is 0 Å². The normalized spacial score (nSPS) is 13.7. The Balaban J connectivity index is 0.790. The Labute approximate surface area is 483 Å². The summed E-state index contributed by atoms with van der Waals surface area (Å²) in [5.41, 5.74) is 26.1. The fraction of sp³-hybridized carbons (Fsp3) is 0.0250. The number of nitrogens with zero attached hydrogens (tertiary/aromatic N) is 1. The Morgan fingerprint density at radius 3 is 0.952 bits per heavy atom. The lowest BCUT2D eigenvalue weighted by Crippen LogP contribution is -2.32. The van der Waals surface area contributed by atoms with Crippen molar-refractivity contribution in [1.82, 2.24) is 0 Å². The van der Waals surface area contributed by atoms with Gasteiger partial charge in [-0.3, -0.25) is 0 Å². The smallest absolute Gasteiger partial charge is 0.132 e. The van der Waals surface area contributed by atoms with Crippen LogP contribution in [0.4, 0.5) is 17.1 Å². The van der Waals surface area contributed by atoms with Crippen molar-refractivity contribution in [2.24, 2.45) is 0 Å².